The molecule has 106 valence electrons. The van der Waals surface area contributed by atoms with Crippen LogP contribution in [0.3, 0.4) is 0 Å². The molecular formula is C10H8ClN3O4S2. The molecule has 1 aromatic carbocycles. The van der Waals surface area contributed by atoms with Crippen LogP contribution in [-0.2, 0) is 10.0 Å². The molecule has 2 rings (SSSR count). The Hall–Kier alpha value is -1.71. The summed E-state index contributed by atoms with van der Waals surface area (Å²) in [5, 5.41) is 16.7. The highest BCUT2D eigenvalue weighted by molar-refractivity contribution is 7.93. The van der Waals surface area contributed by atoms with Crippen molar-refractivity contribution in [2.75, 3.05) is 4.72 Å². The van der Waals surface area contributed by atoms with Gasteiger partial charge in [0.15, 0.2) is 0 Å². The summed E-state index contributed by atoms with van der Waals surface area (Å²) in [5.41, 5.74) is -0.169. The van der Waals surface area contributed by atoms with E-state index in [1.54, 1.807) is 6.92 Å². The maximum atomic E-state index is 12.1. The SMILES string of the molecule is Cc1nnc(NS(=O)(=O)c2ccc(C(=O)O)c(Cl)c2)s1. The summed E-state index contributed by atoms with van der Waals surface area (Å²) in [4.78, 5) is 10.7. The molecule has 0 fully saturated rings. The standard InChI is InChI=1S/C10H8ClN3O4S2/c1-5-12-13-10(19-5)14-20(17,18)6-2-3-7(9(15)16)8(11)4-6/h2-4H,1H3,(H,13,14)(H,15,16). The molecule has 0 atom stereocenters. The van der Waals surface area contributed by atoms with Crippen molar-refractivity contribution in [2.45, 2.75) is 11.8 Å². The van der Waals surface area contributed by atoms with Crippen molar-refractivity contribution in [1.82, 2.24) is 10.2 Å². The van der Waals surface area contributed by atoms with E-state index in [-0.39, 0.29) is 20.6 Å². The number of carboxylic acid groups (broad SMARTS) is 1. The van der Waals surface area contributed by atoms with Crippen molar-refractivity contribution in [2.24, 2.45) is 0 Å². The van der Waals surface area contributed by atoms with Crippen LogP contribution in [0.15, 0.2) is 23.1 Å². The number of halogens is 1. The number of nitrogens with one attached hydrogen (secondary N) is 1. The molecule has 7 nitrogen and oxygen atoms in total. The van der Waals surface area contributed by atoms with E-state index in [0.717, 1.165) is 29.5 Å². The molecule has 0 unspecified atom stereocenters. The molecule has 2 N–H and O–H groups in total. The Morgan fingerprint density at radius 3 is 2.60 bits per heavy atom. The summed E-state index contributed by atoms with van der Waals surface area (Å²) in [6, 6.07) is 3.36. The number of nitrogens with zero attached hydrogens (tertiary/aromatic N) is 2. The quantitative estimate of drug-likeness (QED) is 0.885. The summed E-state index contributed by atoms with van der Waals surface area (Å²) >= 11 is 6.82. The van der Waals surface area contributed by atoms with E-state index >= 15 is 0 Å². The van der Waals surface area contributed by atoms with Crippen molar-refractivity contribution in [3.8, 4) is 0 Å². The van der Waals surface area contributed by atoms with Gasteiger partial charge < -0.3 is 5.11 Å². The normalized spacial score (nSPS) is 11.3. The highest BCUT2D eigenvalue weighted by atomic mass is 35.5. The van der Waals surface area contributed by atoms with Gasteiger partial charge >= 0.3 is 5.97 Å². The first-order chi connectivity index (χ1) is 9.29. The Bertz CT molecular complexity index is 773. The second-order valence-electron chi connectivity index (χ2n) is 3.68. The van der Waals surface area contributed by atoms with Crippen LogP contribution >= 0.6 is 22.9 Å². The second kappa shape index (κ2) is 5.35. The lowest BCUT2D eigenvalue weighted by Gasteiger charge is -2.06. The van der Waals surface area contributed by atoms with Crippen LogP contribution in [0.1, 0.15) is 15.4 Å². The summed E-state index contributed by atoms with van der Waals surface area (Å²) in [5.74, 6) is -1.23. The Kier molecular flexibility index (Phi) is 3.93. The lowest BCUT2D eigenvalue weighted by atomic mass is 10.2. The predicted molar refractivity (Wildman–Crippen MR) is 73.9 cm³/mol. The molecule has 1 heterocycles. The fourth-order valence-corrected chi connectivity index (χ4v) is 3.52. The molecule has 2 aromatic rings. The van der Waals surface area contributed by atoms with Crippen molar-refractivity contribution in [3.05, 3.63) is 33.8 Å². The third-order valence-corrected chi connectivity index (χ3v) is 4.76. The number of aromatic carboxylic acids is 1. The van der Waals surface area contributed by atoms with E-state index in [1.165, 1.54) is 0 Å². The topological polar surface area (TPSA) is 109 Å². The molecule has 0 spiro atoms. The van der Waals surface area contributed by atoms with Gasteiger partial charge in [-0.1, -0.05) is 22.9 Å². The maximum Gasteiger partial charge on any atom is 0.337 e. The van der Waals surface area contributed by atoms with Gasteiger partial charge in [0.1, 0.15) is 5.01 Å². The van der Waals surface area contributed by atoms with Crippen LogP contribution in [-0.4, -0.2) is 29.7 Å². The minimum Gasteiger partial charge on any atom is -0.478 e. The average Bonchev–Trinajstić information content (AvgIpc) is 2.73. The van der Waals surface area contributed by atoms with E-state index in [9.17, 15) is 13.2 Å². The molecule has 0 aliphatic rings. The number of anilines is 1. The lowest BCUT2D eigenvalue weighted by Crippen LogP contribution is -2.13. The molecule has 20 heavy (non-hydrogen) atoms. The van der Waals surface area contributed by atoms with Gasteiger partial charge in [0, 0.05) is 0 Å². The van der Waals surface area contributed by atoms with Crippen molar-refractivity contribution in [3.63, 3.8) is 0 Å². The summed E-state index contributed by atoms with van der Waals surface area (Å²) in [6.45, 7) is 1.69. The summed E-state index contributed by atoms with van der Waals surface area (Å²) in [7, 11) is -3.88. The molecule has 0 saturated heterocycles. The van der Waals surface area contributed by atoms with Crippen molar-refractivity contribution >= 4 is 44.1 Å². The Balaban J connectivity index is 2.35. The van der Waals surface area contributed by atoms with Crippen LogP contribution in [0.4, 0.5) is 5.13 Å². The van der Waals surface area contributed by atoms with E-state index in [2.05, 4.69) is 14.9 Å². The fourth-order valence-electron chi connectivity index (χ4n) is 1.35. The van der Waals surface area contributed by atoms with Gasteiger partial charge in [-0.15, -0.1) is 10.2 Å². The average molecular weight is 334 g/mol. The van der Waals surface area contributed by atoms with E-state index in [1.807, 2.05) is 0 Å². The number of benzene rings is 1. The minimum atomic E-state index is -3.88. The largest absolute Gasteiger partial charge is 0.478 e. The van der Waals surface area contributed by atoms with Crippen LogP contribution in [0.25, 0.3) is 0 Å². The Morgan fingerprint density at radius 1 is 1.40 bits per heavy atom. The van der Waals surface area contributed by atoms with Gasteiger partial charge in [-0.2, -0.15) is 0 Å². The van der Waals surface area contributed by atoms with E-state index in [0.29, 0.717) is 5.01 Å². The fraction of sp³-hybridized carbons (Fsp3) is 0.100. The van der Waals surface area contributed by atoms with Crippen molar-refractivity contribution in [1.29, 1.82) is 0 Å². The number of rotatable bonds is 4. The molecule has 0 saturated carbocycles. The van der Waals surface area contributed by atoms with Gasteiger partial charge in [0.25, 0.3) is 10.0 Å². The highest BCUT2D eigenvalue weighted by Crippen LogP contribution is 2.23. The van der Waals surface area contributed by atoms with Crippen LogP contribution in [0, 0.1) is 6.92 Å². The molecule has 0 bridgehead atoms. The zero-order valence-electron chi connectivity index (χ0n) is 9.99. The predicted octanol–water partition coefficient (Wildman–Crippen LogP) is 2.00. The lowest BCUT2D eigenvalue weighted by molar-refractivity contribution is 0.0697. The van der Waals surface area contributed by atoms with Crippen LogP contribution in [0.5, 0.6) is 0 Å². The summed E-state index contributed by atoms with van der Waals surface area (Å²) in [6.07, 6.45) is 0. The Labute approximate surface area is 123 Å². The van der Waals surface area contributed by atoms with Crippen molar-refractivity contribution < 1.29 is 18.3 Å². The first-order valence-corrected chi connectivity index (χ1v) is 7.83. The van der Waals surface area contributed by atoms with Gasteiger partial charge in [-0.3, -0.25) is 4.72 Å². The summed E-state index contributed by atoms with van der Waals surface area (Å²) < 4.78 is 26.4. The second-order valence-corrected chi connectivity index (χ2v) is 6.95. The zero-order valence-corrected chi connectivity index (χ0v) is 12.4. The first kappa shape index (κ1) is 14.7. The number of hydrogen-bond acceptors (Lipinski definition) is 6. The molecule has 0 amide bonds. The molecule has 10 heteroatoms. The minimum absolute atomic E-state index is 0.126. The van der Waals surface area contributed by atoms with E-state index < -0.39 is 16.0 Å². The van der Waals surface area contributed by atoms with Gasteiger partial charge in [-0.25, -0.2) is 13.2 Å². The molecule has 0 aliphatic heterocycles. The van der Waals surface area contributed by atoms with Gasteiger partial charge in [0.2, 0.25) is 5.13 Å². The maximum absolute atomic E-state index is 12.1. The molecule has 1 aromatic heterocycles. The van der Waals surface area contributed by atoms with Gasteiger partial charge in [-0.05, 0) is 25.1 Å². The number of hydrogen-bond donors (Lipinski definition) is 2. The molecule has 0 aliphatic carbocycles. The third-order valence-electron chi connectivity index (χ3n) is 2.23. The molecular weight excluding hydrogens is 326 g/mol. The Morgan fingerprint density at radius 2 is 2.10 bits per heavy atom. The number of carbonyl (C=O) groups is 1. The van der Waals surface area contributed by atoms with Crippen LogP contribution in [0.2, 0.25) is 5.02 Å². The highest BCUT2D eigenvalue weighted by Gasteiger charge is 2.19. The number of aryl methyl sites for hydroxylation is 1. The van der Waals surface area contributed by atoms with Crippen LogP contribution < -0.4 is 4.72 Å². The third kappa shape index (κ3) is 3.06. The number of carboxylic acids is 1. The number of sulfonamides is 1. The number of aromatic nitrogens is 2. The zero-order chi connectivity index (χ0) is 14.9. The van der Waals surface area contributed by atoms with E-state index in [4.69, 9.17) is 16.7 Å². The van der Waals surface area contributed by atoms with Gasteiger partial charge in [0.05, 0.1) is 15.5 Å². The monoisotopic (exact) mass is 333 g/mol. The molecule has 0 radical (unpaired) electrons. The first-order valence-electron chi connectivity index (χ1n) is 5.15. The smallest absolute Gasteiger partial charge is 0.337 e.